The molecule has 0 atom stereocenters. The van der Waals surface area contributed by atoms with Crippen molar-refractivity contribution in [3.05, 3.63) is 47.1 Å². The molecule has 0 aliphatic rings. The first kappa shape index (κ1) is 16.2. The van der Waals surface area contributed by atoms with Gasteiger partial charge in [-0.15, -0.1) is 10.2 Å². The number of anilines is 2. The number of rotatable bonds is 6. The lowest BCUT2D eigenvalue weighted by molar-refractivity contribution is 0.102. The normalized spacial score (nSPS) is 10.5. The van der Waals surface area contributed by atoms with Gasteiger partial charge < -0.3 is 10.6 Å². The van der Waals surface area contributed by atoms with E-state index in [4.69, 9.17) is 11.6 Å². The second-order valence-corrected chi connectivity index (χ2v) is 5.81. The minimum absolute atomic E-state index is 0.259. The van der Waals surface area contributed by atoms with E-state index in [0.717, 1.165) is 13.0 Å². The van der Waals surface area contributed by atoms with Crippen molar-refractivity contribution in [2.24, 2.45) is 5.92 Å². The lowest BCUT2D eigenvalue weighted by Gasteiger charge is -2.08. The molecule has 0 fully saturated rings. The molecule has 6 heteroatoms. The van der Waals surface area contributed by atoms with Crippen LogP contribution in [0.3, 0.4) is 0 Å². The Morgan fingerprint density at radius 2 is 2.05 bits per heavy atom. The molecule has 0 saturated carbocycles. The summed E-state index contributed by atoms with van der Waals surface area (Å²) in [5.74, 6) is 0.978. The molecule has 2 rings (SSSR count). The number of hydrogen-bond acceptors (Lipinski definition) is 4. The van der Waals surface area contributed by atoms with Gasteiger partial charge in [0.2, 0.25) is 0 Å². The third kappa shape index (κ3) is 5.00. The zero-order valence-electron chi connectivity index (χ0n) is 12.6. The average molecular weight is 319 g/mol. The topological polar surface area (TPSA) is 66.9 Å². The Bertz CT molecular complexity index is 628. The SMILES string of the molecule is CC(C)CCNc1ccc(C(=O)Nc2cccc(Cl)c2)nn1. The van der Waals surface area contributed by atoms with E-state index < -0.39 is 0 Å². The molecular weight excluding hydrogens is 300 g/mol. The summed E-state index contributed by atoms with van der Waals surface area (Å²) < 4.78 is 0. The summed E-state index contributed by atoms with van der Waals surface area (Å²) in [5.41, 5.74) is 0.882. The maximum atomic E-state index is 12.1. The quantitative estimate of drug-likeness (QED) is 0.849. The van der Waals surface area contributed by atoms with Gasteiger partial charge in [0.05, 0.1) is 0 Å². The summed E-state index contributed by atoms with van der Waals surface area (Å²) in [7, 11) is 0. The number of aromatic nitrogens is 2. The Hall–Kier alpha value is -2.14. The molecule has 0 saturated heterocycles. The van der Waals surface area contributed by atoms with Gasteiger partial charge in [0.15, 0.2) is 5.69 Å². The van der Waals surface area contributed by atoms with Gasteiger partial charge in [-0.25, -0.2) is 0 Å². The standard InChI is InChI=1S/C16H19ClN4O/c1-11(2)8-9-18-15-7-6-14(20-21-15)16(22)19-13-5-3-4-12(17)10-13/h3-7,10-11H,8-9H2,1-2H3,(H,18,21)(H,19,22). The number of carbonyl (C=O) groups excluding carboxylic acids is 1. The van der Waals surface area contributed by atoms with E-state index in [1.54, 1.807) is 36.4 Å². The molecule has 1 aromatic carbocycles. The maximum absolute atomic E-state index is 12.1. The Kier molecular flexibility index (Phi) is 5.72. The van der Waals surface area contributed by atoms with Crippen LogP contribution in [-0.2, 0) is 0 Å². The lowest BCUT2D eigenvalue weighted by atomic mass is 10.1. The predicted octanol–water partition coefficient (Wildman–Crippen LogP) is 3.84. The van der Waals surface area contributed by atoms with Crippen LogP contribution in [0.4, 0.5) is 11.5 Å². The predicted molar refractivity (Wildman–Crippen MR) is 89.4 cm³/mol. The maximum Gasteiger partial charge on any atom is 0.276 e. The second kappa shape index (κ2) is 7.75. The Balaban J connectivity index is 1.93. The smallest absolute Gasteiger partial charge is 0.276 e. The third-order valence-corrected chi connectivity index (χ3v) is 3.24. The van der Waals surface area contributed by atoms with E-state index in [0.29, 0.717) is 22.4 Å². The van der Waals surface area contributed by atoms with Gasteiger partial charge in [-0.3, -0.25) is 4.79 Å². The van der Waals surface area contributed by atoms with Crippen molar-refractivity contribution < 1.29 is 4.79 Å². The third-order valence-electron chi connectivity index (χ3n) is 3.01. The summed E-state index contributed by atoms with van der Waals surface area (Å²) in [4.78, 5) is 12.1. The summed E-state index contributed by atoms with van der Waals surface area (Å²) in [5, 5.41) is 14.4. The van der Waals surface area contributed by atoms with Crippen LogP contribution in [0.2, 0.25) is 5.02 Å². The van der Waals surface area contributed by atoms with E-state index in [9.17, 15) is 4.79 Å². The highest BCUT2D eigenvalue weighted by molar-refractivity contribution is 6.30. The van der Waals surface area contributed by atoms with Crippen molar-refractivity contribution in [3.63, 3.8) is 0 Å². The van der Waals surface area contributed by atoms with Gasteiger partial charge in [0, 0.05) is 17.3 Å². The summed E-state index contributed by atoms with van der Waals surface area (Å²) in [6.07, 6.45) is 1.05. The van der Waals surface area contributed by atoms with Crippen molar-refractivity contribution in [3.8, 4) is 0 Å². The fourth-order valence-electron chi connectivity index (χ4n) is 1.80. The molecule has 1 heterocycles. The highest BCUT2D eigenvalue weighted by Gasteiger charge is 2.09. The largest absolute Gasteiger partial charge is 0.369 e. The van der Waals surface area contributed by atoms with Gasteiger partial charge in [0.1, 0.15) is 5.82 Å². The molecule has 0 unspecified atom stereocenters. The summed E-state index contributed by atoms with van der Waals surface area (Å²) in [6.45, 7) is 5.16. The van der Waals surface area contributed by atoms with Gasteiger partial charge in [0.25, 0.3) is 5.91 Å². The molecule has 22 heavy (non-hydrogen) atoms. The first-order valence-electron chi connectivity index (χ1n) is 7.19. The van der Waals surface area contributed by atoms with Crippen LogP contribution in [0.5, 0.6) is 0 Å². The molecule has 0 aliphatic carbocycles. The van der Waals surface area contributed by atoms with Crippen LogP contribution in [0.15, 0.2) is 36.4 Å². The molecule has 0 aliphatic heterocycles. The molecule has 1 aromatic heterocycles. The molecule has 5 nitrogen and oxygen atoms in total. The van der Waals surface area contributed by atoms with Crippen LogP contribution in [0.1, 0.15) is 30.8 Å². The van der Waals surface area contributed by atoms with Crippen molar-refractivity contribution >= 4 is 29.0 Å². The molecular formula is C16H19ClN4O. The van der Waals surface area contributed by atoms with Crippen LogP contribution in [0.25, 0.3) is 0 Å². The van der Waals surface area contributed by atoms with Crippen molar-refractivity contribution in [1.29, 1.82) is 0 Å². The van der Waals surface area contributed by atoms with E-state index in [1.807, 2.05) is 0 Å². The van der Waals surface area contributed by atoms with Crippen LogP contribution in [-0.4, -0.2) is 22.6 Å². The number of benzene rings is 1. The summed E-state index contributed by atoms with van der Waals surface area (Å²) in [6, 6.07) is 10.3. The minimum atomic E-state index is -0.316. The Morgan fingerprint density at radius 1 is 1.23 bits per heavy atom. The molecule has 2 aromatic rings. The number of hydrogen-bond donors (Lipinski definition) is 2. The van der Waals surface area contributed by atoms with E-state index >= 15 is 0 Å². The number of halogens is 1. The molecule has 0 radical (unpaired) electrons. The summed E-state index contributed by atoms with van der Waals surface area (Å²) >= 11 is 5.88. The monoisotopic (exact) mass is 318 g/mol. The molecule has 0 spiro atoms. The molecule has 2 N–H and O–H groups in total. The van der Waals surface area contributed by atoms with Gasteiger partial charge >= 0.3 is 0 Å². The Labute approximate surface area is 135 Å². The van der Waals surface area contributed by atoms with E-state index in [-0.39, 0.29) is 11.6 Å². The number of nitrogens with one attached hydrogen (secondary N) is 2. The van der Waals surface area contributed by atoms with Crippen molar-refractivity contribution in [2.75, 3.05) is 17.2 Å². The first-order valence-corrected chi connectivity index (χ1v) is 7.57. The van der Waals surface area contributed by atoms with Crippen molar-refractivity contribution in [1.82, 2.24) is 10.2 Å². The van der Waals surface area contributed by atoms with Crippen molar-refractivity contribution in [2.45, 2.75) is 20.3 Å². The molecule has 1 amide bonds. The number of carbonyl (C=O) groups is 1. The van der Waals surface area contributed by atoms with Crippen LogP contribution < -0.4 is 10.6 Å². The van der Waals surface area contributed by atoms with E-state index in [1.165, 1.54) is 0 Å². The van der Waals surface area contributed by atoms with Crippen LogP contribution in [0, 0.1) is 5.92 Å². The average Bonchev–Trinajstić information content (AvgIpc) is 2.47. The highest BCUT2D eigenvalue weighted by atomic mass is 35.5. The van der Waals surface area contributed by atoms with E-state index in [2.05, 4.69) is 34.7 Å². The minimum Gasteiger partial charge on any atom is -0.369 e. The first-order chi connectivity index (χ1) is 10.5. The number of nitrogens with zero attached hydrogens (tertiary/aromatic N) is 2. The zero-order valence-corrected chi connectivity index (χ0v) is 13.4. The van der Waals surface area contributed by atoms with Gasteiger partial charge in [-0.05, 0) is 42.7 Å². The lowest BCUT2D eigenvalue weighted by Crippen LogP contribution is -2.15. The van der Waals surface area contributed by atoms with Crippen LogP contribution >= 0.6 is 11.6 Å². The highest BCUT2D eigenvalue weighted by Crippen LogP contribution is 2.15. The van der Waals surface area contributed by atoms with Gasteiger partial charge in [-0.2, -0.15) is 0 Å². The zero-order chi connectivity index (χ0) is 15.9. The number of amides is 1. The fraction of sp³-hybridized carbons (Fsp3) is 0.312. The molecule has 116 valence electrons. The fourth-order valence-corrected chi connectivity index (χ4v) is 1.99. The molecule has 0 bridgehead atoms. The second-order valence-electron chi connectivity index (χ2n) is 5.38. The van der Waals surface area contributed by atoms with Gasteiger partial charge in [-0.1, -0.05) is 31.5 Å². The Morgan fingerprint density at radius 3 is 2.68 bits per heavy atom.